The van der Waals surface area contributed by atoms with E-state index in [0.29, 0.717) is 19.1 Å². The average molecular weight is 217 g/mol. The predicted molar refractivity (Wildman–Crippen MR) is 64.2 cm³/mol. The van der Waals surface area contributed by atoms with Crippen LogP contribution in [0.25, 0.3) is 11.3 Å². The molecule has 0 spiro atoms. The van der Waals surface area contributed by atoms with Crippen LogP contribution in [0.15, 0.2) is 34.7 Å². The Kier molecular flexibility index (Phi) is 3.22. The Labute approximate surface area is 94.5 Å². The number of hydrogen-bond donors (Lipinski definition) is 2. The molecule has 16 heavy (non-hydrogen) atoms. The Bertz CT molecular complexity index is 451. The van der Waals surface area contributed by atoms with E-state index in [-0.39, 0.29) is 0 Å². The fourth-order valence-corrected chi connectivity index (χ4v) is 1.51. The van der Waals surface area contributed by atoms with Gasteiger partial charge in [0.1, 0.15) is 11.5 Å². The molecule has 0 bridgehead atoms. The lowest BCUT2D eigenvalue weighted by Crippen LogP contribution is -2.13. The number of oxazole rings is 1. The van der Waals surface area contributed by atoms with E-state index in [2.05, 4.69) is 10.3 Å². The van der Waals surface area contributed by atoms with Crippen molar-refractivity contribution >= 4 is 6.01 Å². The molecule has 84 valence electrons. The highest BCUT2D eigenvalue weighted by Crippen LogP contribution is 2.24. The third kappa shape index (κ3) is 2.23. The number of rotatable bonds is 4. The van der Waals surface area contributed by atoms with Gasteiger partial charge in [-0.2, -0.15) is 4.98 Å². The third-order valence-corrected chi connectivity index (χ3v) is 2.26. The van der Waals surface area contributed by atoms with Gasteiger partial charge < -0.3 is 15.5 Å². The van der Waals surface area contributed by atoms with Crippen LogP contribution in [0.3, 0.4) is 0 Å². The van der Waals surface area contributed by atoms with Gasteiger partial charge in [-0.1, -0.05) is 30.3 Å². The standard InChI is InChI=1S/C12H15N3O/c1-9-11(10-5-3-2-4-6-10)15-12(16-9)14-8-7-13/h2-6H,7-8,13H2,1H3,(H,14,15). The van der Waals surface area contributed by atoms with Gasteiger partial charge in [0.15, 0.2) is 0 Å². The molecule has 0 aliphatic rings. The van der Waals surface area contributed by atoms with E-state index >= 15 is 0 Å². The second-order valence-corrected chi connectivity index (χ2v) is 3.51. The molecule has 0 amide bonds. The van der Waals surface area contributed by atoms with Gasteiger partial charge in [-0.15, -0.1) is 0 Å². The van der Waals surface area contributed by atoms with E-state index in [1.807, 2.05) is 37.3 Å². The molecule has 4 heteroatoms. The highest BCUT2D eigenvalue weighted by molar-refractivity contribution is 5.62. The van der Waals surface area contributed by atoms with Crippen LogP contribution in [-0.2, 0) is 0 Å². The minimum absolute atomic E-state index is 0.529. The maximum atomic E-state index is 5.49. The van der Waals surface area contributed by atoms with Gasteiger partial charge in [-0.05, 0) is 6.92 Å². The van der Waals surface area contributed by atoms with E-state index in [0.717, 1.165) is 17.0 Å². The van der Waals surface area contributed by atoms with E-state index in [1.165, 1.54) is 0 Å². The number of benzene rings is 1. The first-order valence-corrected chi connectivity index (χ1v) is 5.28. The second kappa shape index (κ2) is 4.81. The van der Waals surface area contributed by atoms with Gasteiger partial charge in [0.2, 0.25) is 0 Å². The van der Waals surface area contributed by atoms with E-state index < -0.39 is 0 Å². The summed E-state index contributed by atoms with van der Waals surface area (Å²) in [6, 6.07) is 10.5. The Balaban J connectivity index is 2.25. The Hall–Kier alpha value is -1.81. The lowest BCUT2D eigenvalue weighted by Gasteiger charge is -1.96. The van der Waals surface area contributed by atoms with Gasteiger partial charge in [0.05, 0.1) is 0 Å². The molecular formula is C12H15N3O. The molecule has 0 aliphatic heterocycles. The summed E-state index contributed by atoms with van der Waals surface area (Å²) in [5.41, 5.74) is 7.34. The van der Waals surface area contributed by atoms with Gasteiger partial charge >= 0.3 is 0 Å². The quantitative estimate of drug-likeness (QED) is 0.822. The number of nitrogens with zero attached hydrogens (tertiary/aromatic N) is 1. The van der Waals surface area contributed by atoms with Crippen LogP contribution >= 0.6 is 0 Å². The van der Waals surface area contributed by atoms with Crippen molar-refractivity contribution in [1.82, 2.24) is 4.98 Å². The largest absolute Gasteiger partial charge is 0.428 e. The summed E-state index contributed by atoms with van der Waals surface area (Å²) < 4.78 is 5.49. The first-order chi connectivity index (χ1) is 7.81. The van der Waals surface area contributed by atoms with E-state index in [1.54, 1.807) is 0 Å². The maximum Gasteiger partial charge on any atom is 0.295 e. The maximum absolute atomic E-state index is 5.49. The molecule has 1 aromatic carbocycles. The Morgan fingerprint density at radius 1 is 1.31 bits per heavy atom. The number of nitrogens with one attached hydrogen (secondary N) is 1. The fraction of sp³-hybridized carbons (Fsp3) is 0.250. The molecule has 0 saturated carbocycles. The lowest BCUT2D eigenvalue weighted by atomic mass is 10.1. The third-order valence-electron chi connectivity index (χ3n) is 2.26. The molecule has 3 N–H and O–H groups in total. The van der Waals surface area contributed by atoms with Gasteiger partial charge in [-0.3, -0.25) is 0 Å². The Morgan fingerprint density at radius 2 is 2.06 bits per heavy atom. The first kappa shape index (κ1) is 10.7. The van der Waals surface area contributed by atoms with E-state index in [4.69, 9.17) is 10.2 Å². The molecule has 0 radical (unpaired) electrons. The number of nitrogens with two attached hydrogens (primary N) is 1. The first-order valence-electron chi connectivity index (χ1n) is 5.28. The van der Waals surface area contributed by atoms with Crippen molar-refractivity contribution in [1.29, 1.82) is 0 Å². The summed E-state index contributed by atoms with van der Waals surface area (Å²) in [6.07, 6.45) is 0. The van der Waals surface area contributed by atoms with Crippen molar-refractivity contribution < 1.29 is 4.42 Å². The van der Waals surface area contributed by atoms with Crippen LogP contribution in [0.5, 0.6) is 0 Å². The summed E-state index contributed by atoms with van der Waals surface area (Å²) in [6.45, 7) is 3.12. The highest BCUT2D eigenvalue weighted by atomic mass is 16.4. The van der Waals surface area contributed by atoms with Crippen LogP contribution in [0.4, 0.5) is 6.01 Å². The zero-order valence-corrected chi connectivity index (χ0v) is 9.23. The summed E-state index contributed by atoms with van der Waals surface area (Å²) in [4.78, 5) is 4.38. The second-order valence-electron chi connectivity index (χ2n) is 3.51. The number of aromatic nitrogens is 1. The molecule has 1 aromatic heterocycles. The molecule has 0 fully saturated rings. The van der Waals surface area contributed by atoms with Crippen LogP contribution in [0.2, 0.25) is 0 Å². The van der Waals surface area contributed by atoms with Crippen molar-refractivity contribution in [3.05, 3.63) is 36.1 Å². The molecule has 0 saturated heterocycles. The zero-order chi connectivity index (χ0) is 11.4. The van der Waals surface area contributed by atoms with E-state index in [9.17, 15) is 0 Å². The molecule has 0 unspecified atom stereocenters. The van der Waals surface area contributed by atoms with Crippen molar-refractivity contribution in [2.24, 2.45) is 5.73 Å². The summed E-state index contributed by atoms with van der Waals surface area (Å²) >= 11 is 0. The molecule has 2 rings (SSSR count). The Morgan fingerprint density at radius 3 is 2.75 bits per heavy atom. The minimum Gasteiger partial charge on any atom is -0.428 e. The minimum atomic E-state index is 0.529. The van der Waals surface area contributed by atoms with Gasteiger partial charge in [0.25, 0.3) is 6.01 Å². The molecule has 0 atom stereocenters. The molecule has 2 aromatic rings. The van der Waals surface area contributed by atoms with Crippen LogP contribution in [-0.4, -0.2) is 18.1 Å². The van der Waals surface area contributed by atoms with Gasteiger partial charge in [0, 0.05) is 18.7 Å². The van der Waals surface area contributed by atoms with Crippen molar-refractivity contribution in [2.45, 2.75) is 6.92 Å². The average Bonchev–Trinajstić information content (AvgIpc) is 2.69. The lowest BCUT2D eigenvalue weighted by molar-refractivity contribution is 0.541. The molecule has 0 aliphatic carbocycles. The van der Waals surface area contributed by atoms with Gasteiger partial charge in [-0.25, -0.2) is 0 Å². The molecular weight excluding hydrogens is 202 g/mol. The number of hydrogen-bond acceptors (Lipinski definition) is 4. The van der Waals surface area contributed by atoms with Crippen LogP contribution < -0.4 is 11.1 Å². The monoisotopic (exact) mass is 217 g/mol. The van der Waals surface area contributed by atoms with Crippen molar-refractivity contribution in [3.8, 4) is 11.3 Å². The summed E-state index contributed by atoms with van der Waals surface area (Å²) in [5.74, 6) is 0.811. The number of aryl methyl sites for hydroxylation is 1. The van der Waals surface area contributed by atoms with Crippen molar-refractivity contribution in [2.75, 3.05) is 18.4 Å². The van der Waals surface area contributed by atoms with Crippen LogP contribution in [0.1, 0.15) is 5.76 Å². The fourth-order valence-electron chi connectivity index (χ4n) is 1.51. The molecule has 4 nitrogen and oxygen atoms in total. The SMILES string of the molecule is Cc1oc(NCCN)nc1-c1ccccc1. The summed E-state index contributed by atoms with van der Waals surface area (Å²) in [5, 5.41) is 3.02. The topological polar surface area (TPSA) is 64.1 Å². The molecule has 1 heterocycles. The van der Waals surface area contributed by atoms with Crippen molar-refractivity contribution in [3.63, 3.8) is 0 Å². The number of anilines is 1. The summed E-state index contributed by atoms with van der Waals surface area (Å²) in [7, 11) is 0. The highest BCUT2D eigenvalue weighted by Gasteiger charge is 2.10. The normalized spacial score (nSPS) is 10.4. The smallest absolute Gasteiger partial charge is 0.295 e. The zero-order valence-electron chi connectivity index (χ0n) is 9.23. The predicted octanol–water partition coefficient (Wildman–Crippen LogP) is 2.02. The van der Waals surface area contributed by atoms with Crippen LogP contribution in [0, 0.1) is 6.92 Å².